The molecule has 30 heavy (non-hydrogen) atoms. The Hall–Kier alpha value is -3.15. The van der Waals surface area contributed by atoms with Crippen molar-refractivity contribution in [1.29, 1.82) is 0 Å². The van der Waals surface area contributed by atoms with E-state index in [-0.39, 0.29) is 16.9 Å². The van der Waals surface area contributed by atoms with Crippen molar-refractivity contribution in [3.05, 3.63) is 71.0 Å². The normalized spacial score (nSPS) is 18.1. The number of unbranched alkanes of at least 4 members (excludes halogenated alkanes) is 2. The average molecular weight is 411 g/mol. The first-order chi connectivity index (χ1) is 14.5. The van der Waals surface area contributed by atoms with Crippen molar-refractivity contribution in [2.24, 2.45) is 0 Å². The monoisotopic (exact) mass is 411 g/mol. The molecular formula is C24H26FNO4. The lowest BCUT2D eigenvalue weighted by molar-refractivity contribution is -0.139. The minimum Gasteiger partial charge on any atom is -0.507 e. The van der Waals surface area contributed by atoms with Gasteiger partial charge in [0.2, 0.25) is 0 Å². The van der Waals surface area contributed by atoms with Gasteiger partial charge in [-0.05, 0) is 43.7 Å². The Kier molecular flexibility index (Phi) is 6.87. The second-order valence-electron chi connectivity index (χ2n) is 7.18. The second kappa shape index (κ2) is 9.57. The molecule has 0 saturated carbocycles. The fraction of sp³-hybridized carbons (Fsp3) is 0.333. The van der Waals surface area contributed by atoms with Gasteiger partial charge in [-0.3, -0.25) is 9.59 Å². The van der Waals surface area contributed by atoms with Crippen LogP contribution in [0, 0.1) is 5.82 Å². The lowest BCUT2D eigenvalue weighted by Gasteiger charge is -2.25. The van der Waals surface area contributed by atoms with Crippen LogP contribution in [0.25, 0.3) is 5.76 Å². The molecule has 1 aliphatic rings. The maximum absolute atomic E-state index is 14.7. The summed E-state index contributed by atoms with van der Waals surface area (Å²) in [6.45, 7) is 4.72. The first-order valence-corrected chi connectivity index (χ1v) is 10.3. The number of hydrogen-bond donors (Lipinski definition) is 1. The van der Waals surface area contributed by atoms with Gasteiger partial charge in [0, 0.05) is 17.7 Å². The van der Waals surface area contributed by atoms with Crippen molar-refractivity contribution >= 4 is 17.4 Å². The van der Waals surface area contributed by atoms with Gasteiger partial charge in [0.05, 0.1) is 18.2 Å². The Morgan fingerprint density at radius 2 is 1.77 bits per heavy atom. The summed E-state index contributed by atoms with van der Waals surface area (Å²) in [5.41, 5.74) is 0.470. The maximum atomic E-state index is 14.7. The summed E-state index contributed by atoms with van der Waals surface area (Å²) >= 11 is 0. The highest BCUT2D eigenvalue weighted by Crippen LogP contribution is 2.40. The van der Waals surface area contributed by atoms with Gasteiger partial charge in [0.25, 0.3) is 11.7 Å². The largest absolute Gasteiger partial charge is 0.507 e. The lowest BCUT2D eigenvalue weighted by atomic mass is 9.95. The summed E-state index contributed by atoms with van der Waals surface area (Å²) in [5, 5.41) is 11.0. The van der Waals surface area contributed by atoms with E-state index >= 15 is 0 Å². The third-order valence-corrected chi connectivity index (χ3v) is 5.18. The second-order valence-corrected chi connectivity index (χ2v) is 7.18. The number of likely N-dealkylation sites (tertiary alicyclic amines) is 1. The van der Waals surface area contributed by atoms with Gasteiger partial charge in [-0.1, -0.05) is 38.0 Å². The van der Waals surface area contributed by atoms with Gasteiger partial charge < -0.3 is 14.7 Å². The van der Waals surface area contributed by atoms with Crippen molar-refractivity contribution in [1.82, 2.24) is 4.90 Å². The Labute approximate surface area is 175 Å². The zero-order chi connectivity index (χ0) is 21.7. The minimum absolute atomic E-state index is 0.0919. The van der Waals surface area contributed by atoms with Crippen LogP contribution in [0.1, 0.15) is 50.3 Å². The first-order valence-electron chi connectivity index (χ1n) is 10.3. The molecule has 1 atom stereocenters. The molecule has 2 aromatic carbocycles. The maximum Gasteiger partial charge on any atom is 0.295 e. The van der Waals surface area contributed by atoms with E-state index in [0.717, 1.165) is 12.8 Å². The number of ketones is 1. The van der Waals surface area contributed by atoms with Gasteiger partial charge in [-0.15, -0.1) is 0 Å². The molecule has 1 heterocycles. The first kappa shape index (κ1) is 21.6. The molecule has 1 N–H and O–H groups in total. The molecule has 0 aromatic heterocycles. The molecule has 6 heteroatoms. The van der Waals surface area contributed by atoms with Crippen LogP contribution < -0.4 is 4.74 Å². The lowest BCUT2D eigenvalue weighted by Crippen LogP contribution is -2.31. The quantitative estimate of drug-likeness (QED) is 0.292. The van der Waals surface area contributed by atoms with Gasteiger partial charge >= 0.3 is 0 Å². The highest BCUT2D eigenvalue weighted by molar-refractivity contribution is 6.46. The van der Waals surface area contributed by atoms with Crippen LogP contribution in [0.4, 0.5) is 4.39 Å². The number of Topliss-reactive ketones (excluding diaryl/α,β-unsaturated/α-hetero) is 1. The average Bonchev–Trinajstić information content (AvgIpc) is 2.99. The fourth-order valence-corrected chi connectivity index (χ4v) is 3.69. The zero-order valence-electron chi connectivity index (χ0n) is 17.2. The van der Waals surface area contributed by atoms with E-state index in [2.05, 4.69) is 0 Å². The summed E-state index contributed by atoms with van der Waals surface area (Å²) in [7, 11) is 0. The summed E-state index contributed by atoms with van der Waals surface area (Å²) in [6, 6.07) is 11.7. The molecule has 0 bridgehead atoms. The van der Waals surface area contributed by atoms with Crippen molar-refractivity contribution in [2.45, 2.75) is 39.2 Å². The van der Waals surface area contributed by atoms with Crippen LogP contribution >= 0.6 is 0 Å². The van der Waals surface area contributed by atoms with Crippen LogP contribution in [-0.2, 0) is 9.59 Å². The molecule has 0 spiro atoms. The molecule has 3 rings (SSSR count). The van der Waals surface area contributed by atoms with E-state index in [0.29, 0.717) is 30.9 Å². The number of nitrogens with zero attached hydrogens (tertiary/aromatic N) is 1. The van der Waals surface area contributed by atoms with Crippen LogP contribution in [0.3, 0.4) is 0 Å². The fourth-order valence-electron chi connectivity index (χ4n) is 3.69. The van der Waals surface area contributed by atoms with Gasteiger partial charge in [-0.25, -0.2) is 4.39 Å². The molecule has 0 aliphatic carbocycles. The molecule has 5 nitrogen and oxygen atoms in total. The van der Waals surface area contributed by atoms with Crippen LogP contribution in [0.15, 0.2) is 54.1 Å². The Balaban J connectivity index is 2.09. The number of ether oxygens (including phenoxy) is 1. The molecule has 1 fully saturated rings. The number of aliphatic hydroxyl groups is 1. The third kappa shape index (κ3) is 4.22. The van der Waals surface area contributed by atoms with E-state index in [1.54, 1.807) is 42.5 Å². The molecule has 158 valence electrons. The van der Waals surface area contributed by atoms with E-state index in [1.807, 2.05) is 13.8 Å². The summed E-state index contributed by atoms with van der Waals surface area (Å²) in [4.78, 5) is 27.0. The Morgan fingerprint density at radius 1 is 1.07 bits per heavy atom. The van der Waals surface area contributed by atoms with Crippen molar-refractivity contribution in [2.75, 3.05) is 13.2 Å². The number of halogens is 1. The standard InChI is InChI=1S/C24H26FNO4/c1-3-5-8-15-26-21(18-9-6-7-10-19(18)25)20(23(28)24(26)29)22(27)16-11-13-17(14-12-16)30-4-2/h6-7,9-14,21,27H,3-5,8,15H2,1-2H3/b22-20-. The van der Waals surface area contributed by atoms with Gasteiger partial charge in [0.15, 0.2) is 0 Å². The van der Waals surface area contributed by atoms with Crippen molar-refractivity contribution in [3.63, 3.8) is 0 Å². The number of rotatable bonds is 8. The molecule has 1 saturated heterocycles. The Bertz CT molecular complexity index is 952. The summed E-state index contributed by atoms with van der Waals surface area (Å²) in [5.74, 6) is -1.73. The number of carbonyl (C=O) groups excluding carboxylic acids is 2. The van der Waals surface area contributed by atoms with E-state index < -0.39 is 23.5 Å². The number of benzene rings is 2. The van der Waals surface area contributed by atoms with Crippen LogP contribution in [0.2, 0.25) is 0 Å². The SMILES string of the molecule is CCCCCN1C(=O)C(=O)/C(=C(\O)c2ccc(OCC)cc2)C1c1ccccc1F. The number of aliphatic hydroxyl groups excluding tert-OH is 1. The van der Waals surface area contributed by atoms with E-state index in [1.165, 1.54) is 11.0 Å². The topological polar surface area (TPSA) is 66.8 Å². The van der Waals surface area contributed by atoms with Crippen LogP contribution in [0.5, 0.6) is 5.75 Å². The van der Waals surface area contributed by atoms with Gasteiger partial charge in [-0.2, -0.15) is 0 Å². The van der Waals surface area contributed by atoms with E-state index in [4.69, 9.17) is 4.74 Å². The van der Waals surface area contributed by atoms with Crippen LogP contribution in [-0.4, -0.2) is 34.8 Å². The summed E-state index contributed by atoms with van der Waals surface area (Å²) in [6.07, 6.45) is 2.52. The number of amides is 1. The number of hydrogen-bond acceptors (Lipinski definition) is 4. The van der Waals surface area contributed by atoms with E-state index in [9.17, 15) is 19.1 Å². The smallest absolute Gasteiger partial charge is 0.295 e. The number of carbonyl (C=O) groups is 2. The van der Waals surface area contributed by atoms with Gasteiger partial charge in [0.1, 0.15) is 17.3 Å². The predicted octanol–water partition coefficient (Wildman–Crippen LogP) is 4.84. The highest BCUT2D eigenvalue weighted by atomic mass is 19.1. The van der Waals surface area contributed by atoms with Crippen molar-refractivity contribution < 1.29 is 23.8 Å². The Morgan fingerprint density at radius 3 is 2.40 bits per heavy atom. The minimum atomic E-state index is -0.963. The molecule has 1 amide bonds. The molecule has 2 aromatic rings. The third-order valence-electron chi connectivity index (χ3n) is 5.18. The summed E-state index contributed by atoms with van der Waals surface area (Å²) < 4.78 is 20.1. The highest BCUT2D eigenvalue weighted by Gasteiger charge is 2.46. The molecule has 0 radical (unpaired) electrons. The zero-order valence-corrected chi connectivity index (χ0v) is 17.2. The van der Waals surface area contributed by atoms with Crippen molar-refractivity contribution in [3.8, 4) is 5.75 Å². The molecule has 1 unspecified atom stereocenters. The molecule has 1 aliphatic heterocycles. The molecular weight excluding hydrogens is 385 g/mol. The predicted molar refractivity (Wildman–Crippen MR) is 113 cm³/mol.